The van der Waals surface area contributed by atoms with Crippen LogP contribution >= 0.6 is 0 Å². The molecule has 0 bridgehead atoms. The molecule has 1 aromatic carbocycles. The van der Waals surface area contributed by atoms with Crippen molar-refractivity contribution in [1.82, 2.24) is 10.6 Å². The monoisotopic (exact) mass is 332 g/mol. The molecular weight excluding hydrogens is 308 g/mol. The van der Waals surface area contributed by atoms with Gasteiger partial charge in [-0.05, 0) is 50.3 Å². The van der Waals surface area contributed by atoms with E-state index in [1.165, 1.54) is 0 Å². The molecule has 3 N–H and O–H groups in total. The lowest BCUT2D eigenvalue weighted by molar-refractivity contribution is -0.144. The maximum absolute atomic E-state index is 12.2. The molecule has 1 aliphatic rings. The van der Waals surface area contributed by atoms with Crippen molar-refractivity contribution in [2.24, 2.45) is 11.8 Å². The average molecular weight is 332 g/mol. The zero-order valence-corrected chi connectivity index (χ0v) is 13.9. The average Bonchev–Trinajstić information content (AvgIpc) is 2.60. The van der Waals surface area contributed by atoms with Crippen molar-refractivity contribution in [2.45, 2.75) is 39.2 Å². The summed E-state index contributed by atoms with van der Waals surface area (Å²) in [5.74, 6) is -1.37. The summed E-state index contributed by atoms with van der Waals surface area (Å²) < 4.78 is 0. The number of nitrogens with one attached hydrogen (secondary N) is 2. The van der Waals surface area contributed by atoms with Gasteiger partial charge in [-0.3, -0.25) is 14.4 Å². The van der Waals surface area contributed by atoms with Crippen LogP contribution in [0.1, 0.15) is 48.5 Å². The van der Waals surface area contributed by atoms with E-state index in [1.54, 1.807) is 18.2 Å². The van der Waals surface area contributed by atoms with Gasteiger partial charge in [0.05, 0.1) is 5.92 Å². The molecule has 1 fully saturated rings. The van der Waals surface area contributed by atoms with E-state index in [2.05, 4.69) is 10.6 Å². The predicted molar refractivity (Wildman–Crippen MR) is 89.4 cm³/mol. The summed E-state index contributed by atoms with van der Waals surface area (Å²) in [7, 11) is 0. The fraction of sp³-hybridized carbons (Fsp3) is 0.500. The van der Waals surface area contributed by atoms with Crippen LogP contribution in [0.15, 0.2) is 24.3 Å². The van der Waals surface area contributed by atoms with Gasteiger partial charge in [0.1, 0.15) is 0 Å². The first kappa shape index (κ1) is 18.0. The summed E-state index contributed by atoms with van der Waals surface area (Å²) in [6.45, 7) is 2.80. The molecule has 24 heavy (non-hydrogen) atoms. The molecule has 1 aliphatic carbocycles. The molecule has 0 heterocycles. The van der Waals surface area contributed by atoms with Gasteiger partial charge in [0.2, 0.25) is 5.91 Å². The number of carbonyl (C=O) groups excluding carboxylic acids is 2. The van der Waals surface area contributed by atoms with Crippen molar-refractivity contribution in [1.29, 1.82) is 0 Å². The SMILES string of the molecule is CCNC(=O)c1cccc(CNC(=O)C2CCC(C(=O)O)CC2)c1. The van der Waals surface area contributed by atoms with Crippen LogP contribution in [-0.4, -0.2) is 29.4 Å². The molecule has 0 spiro atoms. The predicted octanol–water partition coefficient (Wildman–Crippen LogP) is 1.94. The van der Waals surface area contributed by atoms with Crippen molar-refractivity contribution in [3.63, 3.8) is 0 Å². The molecule has 2 amide bonds. The zero-order valence-electron chi connectivity index (χ0n) is 13.9. The number of hydrogen-bond donors (Lipinski definition) is 3. The van der Waals surface area contributed by atoms with Crippen LogP contribution in [-0.2, 0) is 16.1 Å². The molecule has 130 valence electrons. The van der Waals surface area contributed by atoms with Crippen molar-refractivity contribution >= 4 is 17.8 Å². The Morgan fingerprint density at radius 3 is 2.38 bits per heavy atom. The minimum atomic E-state index is -0.768. The maximum atomic E-state index is 12.2. The molecular formula is C18H24N2O4. The van der Waals surface area contributed by atoms with Gasteiger partial charge in [0.15, 0.2) is 0 Å². The summed E-state index contributed by atoms with van der Waals surface area (Å²) in [5, 5.41) is 14.6. The summed E-state index contributed by atoms with van der Waals surface area (Å²) in [6, 6.07) is 7.17. The third-order valence-corrected chi connectivity index (χ3v) is 4.44. The quantitative estimate of drug-likeness (QED) is 0.742. The van der Waals surface area contributed by atoms with Crippen molar-refractivity contribution in [2.75, 3.05) is 6.54 Å². The van der Waals surface area contributed by atoms with E-state index >= 15 is 0 Å². The first-order chi connectivity index (χ1) is 11.5. The molecule has 0 saturated heterocycles. The Morgan fingerprint density at radius 2 is 1.75 bits per heavy atom. The van der Waals surface area contributed by atoms with Gasteiger partial charge in [-0.25, -0.2) is 0 Å². The fourth-order valence-electron chi connectivity index (χ4n) is 3.02. The minimum Gasteiger partial charge on any atom is -0.481 e. The minimum absolute atomic E-state index is 0.0396. The Bertz CT molecular complexity index is 607. The summed E-state index contributed by atoms with van der Waals surface area (Å²) in [5.41, 5.74) is 1.44. The second-order valence-corrected chi connectivity index (χ2v) is 6.16. The molecule has 6 nitrogen and oxygen atoms in total. The largest absolute Gasteiger partial charge is 0.481 e. The van der Waals surface area contributed by atoms with Gasteiger partial charge >= 0.3 is 5.97 Å². The van der Waals surface area contributed by atoms with Crippen LogP contribution in [0.25, 0.3) is 0 Å². The third-order valence-electron chi connectivity index (χ3n) is 4.44. The van der Waals surface area contributed by atoms with Crippen LogP contribution in [0.2, 0.25) is 0 Å². The highest BCUT2D eigenvalue weighted by Gasteiger charge is 2.29. The molecule has 2 rings (SSSR count). The first-order valence-corrected chi connectivity index (χ1v) is 8.39. The van der Waals surface area contributed by atoms with Gasteiger partial charge in [-0.1, -0.05) is 12.1 Å². The van der Waals surface area contributed by atoms with Crippen molar-refractivity contribution in [3.05, 3.63) is 35.4 Å². The van der Waals surface area contributed by atoms with E-state index in [0.29, 0.717) is 44.3 Å². The number of benzene rings is 1. The molecule has 0 unspecified atom stereocenters. The first-order valence-electron chi connectivity index (χ1n) is 8.39. The number of amides is 2. The van der Waals surface area contributed by atoms with Crippen LogP contribution < -0.4 is 10.6 Å². The second-order valence-electron chi connectivity index (χ2n) is 6.16. The lowest BCUT2D eigenvalue weighted by atomic mass is 9.81. The Balaban J connectivity index is 1.85. The Morgan fingerprint density at radius 1 is 1.08 bits per heavy atom. The molecule has 0 radical (unpaired) electrons. The topological polar surface area (TPSA) is 95.5 Å². The standard InChI is InChI=1S/C18H24N2O4/c1-2-19-17(22)15-5-3-4-12(10-15)11-20-16(21)13-6-8-14(9-7-13)18(23)24/h3-5,10,13-14H,2,6-9,11H2,1H3,(H,19,22)(H,20,21)(H,23,24). The van der Waals surface area contributed by atoms with Gasteiger partial charge < -0.3 is 15.7 Å². The zero-order chi connectivity index (χ0) is 17.5. The summed E-state index contributed by atoms with van der Waals surface area (Å²) in [6.07, 6.45) is 2.34. The van der Waals surface area contributed by atoms with Crippen molar-refractivity contribution in [3.8, 4) is 0 Å². The van der Waals surface area contributed by atoms with Crippen molar-refractivity contribution < 1.29 is 19.5 Å². The van der Waals surface area contributed by atoms with Gasteiger partial charge in [-0.2, -0.15) is 0 Å². The Labute approximate surface area is 141 Å². The van der Waals surface area contributed by atoms with E-state index in [-0.39, 0.29) is 23.7 Å². The molecule has 1 aromatic rings. The summed E-state index contributed by atoms with van der Waals surface area (Å²) >= 11 is 0. The van der Waals surface area contributed by atoms with E-state index in [4.69, 9.17) is 5.11 Å². The highest BCUT2D eigenvalue weighted by molar-refractivity contribution is 5.94. The lowest BCUT2D eigenvalue weighted by Gasteiger charge is -2.25. The van der Waals surface area contributed by atoms with E-state index < -0.39 is 5.97 Å². The van der Waals surface area contributed by atoms with E-state index in [0.717, 1.165) is 5.56 Å². The molecule has 0 aromatic heterocycles. The molecule has 0 aliphatic heterocycles. The van der Waals surface area contributed by atoms with Gasteiger partial charge in [0, 0.05) is 24.6 Å². The smallest absolute Gasteiger partial charge is 0.306 e. The Kier molecular flexibility index (Phi) is 6.35. The molecule has 1 saturated carbocycles. The lowest BCUT2D eigenvalue weighted by Crippen LogP contribution is -2.34. The Hall–Kier alpha value is -2.37. The number of rotatable bonds is 6. The van der Waals surface area contributed by atoms with Crippen LogP contribution in [0.3, 0.4) is 0 Å². The summed E-state index contributed by atoms with van der Waals surface area (Å²) in [4.78, 5) is 35.0. The second kappa shape index (κ2) is 8.47. The van der Waals surface area contributed by atoms with Crippen LogP contribution in [0.4, 0.5) is 0 Å². The van der Waals surface area contributed by atoms with Crippen LogP contribution in [0.5, 0.6) is 0 Å². The number of carboxylic acid groups (broad SMARTS) is 1. The van der Waals surface area contributed by atoms with Gasteiger partial charge in [0.25, 0.3) is 5.91 Å². The maximum Gasteiger partial charge on any atom is 0.306 e. The van der Waals surface area contributed by atoms with Gasteiger partial charge in [-0.15, -0.1) is 0 Å². The number of hydrogen-bond acceptors (Lipinski definition) is 3. The highest BCUT2D eigenvalue weighted by Crippen LogP contribution is 2.29. The van der Waals surface area contributed by atoms with E-state index in [1.807, 2.05) is 13.0 Å². The normalized spacial score (nSPS) is 20.2. The molecule has 0 atom stereocenters. The number of aliphatic carboxylic acids is 1. The highest BCUT2D eigenvalue weighted by atomic mass is 16.4. The number of carboxylic acids is 1. The molecule has 6 heteroatoms. The third kappa shape index (κ3) is 4.81. The van der Waals surface area contributed by atoms with Crippen LogP contribution in [0, 0.1) is 11.8 Å². The number of carbonyl (C=O) groups is 3. The fourth-order valence-corrected chi connectivity index (χ4v) is 3.02. The van der Waals surface area contributed by atoms with E-state index in [9.17, 15) is 14.4 Å².